The molecule has 1 amide bonds. The maximum absolute atomic E-state index is 10.4. The predicted octanol–water partition coefficient (Wildman–Crippen LogP) is 1.52. The number of hydrogen-bond donors (Lipinski definition) is 2. The monoisotopic (exact) mass is 212 g/mol. The molecule has 0 aromatic rings. The summed E-state index contributed by atoms with van der Waals surface area (Å²) in [5.74, 6) is 0. The first-order chi connectivity index (χ1) is 7.10. The van der Waals surface area contributed by atoms with Crippen molar-refractivity contribution in [3.05, 3.63) is 0 Å². The van der Waals surface area contributed by atoms with Gasteiger partial charge < -0.3 is 15.3 Å². The van der Waals surface area contributed by atoms with Gasteiger partial charge in [-0.05, 0) is 51.1 Å². The number of amides is 1. The Bertz CT molecular complexity index is 241. The lowest BCUT2D eigenvalue weighted by Crippen LogP contribution is -2.44. The Morgan fingerprint density at radius 1 is 1.40 bits per heavy atom. The average molecular weight is 212 g/mol. The normalized spacial score (nSPS) is 26.2. The van der Waals surface area contributed by atoms with Crippen LogP contribution in [0.3, 0.4) is 0 Å². The summed E-state index contributed by atoms with van der Waals surface area (Å²) < 4.78 is 0. The average Bonchev–Trinajstić information content (AvgIpc) is 2.89. The highest BCUT2D eigenvalue weighted by molar-refractivity contribution is 5.64. The molecule has 1 unspecified atom stereocenters. The van der Waals surface area contributed by atoms with Crippen molar-refractivity contribution in [2.75, 3.05) is 19.6 Å². The van der Waals surface area contributed by atoms with E-state index < -0.39 is 6.09 Å². The van der Waals surface area contributed by atoms with Crippen LogP contribution in [0.1, 0.15) is 32.6 Å². The number of rotatable bonds is 3. The molecule has 0 bridgehead atoms. The van der Waals surface area contributed by atoms with Gasteiger partial charge in [-0.25, -0.2) is 4.79 Å². The topological polar surface area (TPSA) is 52.6 Å². The van der Waals surface area contributed by atoms with E-state index in [1.807, 2.05) is 6.92 Å². The van der Waals surface area contributed by atoms with Crippen LogP contribution in [0.25, 0.3) is 0 Å². The van der Waals surface area contributed by atoms with E-state index in [1.54, 1.807) is 0 Å². The number of likely N-dealkylation sites (tertiary alicyclic amines) is 1. The maximum Gasteiger partial charge on any atom is 0.404 e. The van der Waals surface area contributed by atoms with Crippen LogP contribution in [0.5, 0.6) is 0 Å². The van der Waals surface area contributed by atoms with Gasteiger partial charge in [-0.3, -0.25) is 0 Å². The van der Waals surface area contributed by atoms with Crippen molar-refractivity contribution < 1.29 is 9.90 Å². The summed E-state index contributed by atoms with van der Waals surface area (Å²) in [6.45, 7) is 5.06. The molecule has 86 valence electrons. The fourth-order valence-corrected chi connectivity index (χ4v) is 2.53. The van der Waals surface area contributed by atoms with Crippen molar-refractivity contribution in [1.82, 2.24) is 10.2 Å². The van der Waals surface area contributed by atoms with Gasteiger partial charge >= 0.3 is 6.09 Å². The molecule has 1 heterocycles. The third-order valence-corrected chi connectivity index (χ3v) is 3.78. The van der Waals surface area contributed by atoms with Crippen molar-refractivity contribution in [2.24, 2.45) is 5.41 Å². The molecule has 15 heavy (non-hydrogen) atoms. The SMILES string of the molecule is CC(CN1CCC2(CC1)CC2)NC(=O)O. The fraction of sp³-hybridized carbons (Fsp3) is 0.909. The number of piperidine rings is 1. The van der Waals surface area contributed by atoms with Gasteiger partial charge in [0.15, 0.2) is 0 Å². The second kappa shape index (κ2) is 4.00. The maximum atomic E-state index is 10.4. The number of nitrogens with one attached hydrogen (secondary N) is 1. The van der Waals surface area contributed by atoms with Crippen molar-refractivity contribution in [1.29, 1.82) is 0 Å². The number of carboxylic acid groups (broad SMARTS) is 1. The van der Waals surface area contributed by atoms with E-state index in [9.17, 15) is 4.79 Å². The van der Waals surface area contributed by atoms with Gasteiger partial charge in [-0.1, -0.05) is 0 Å². The number of hydrogen-bond acceptors (Lipinski definition) is 2. The van der Waals surface area contributed by atoms with Gasteiger partial charge in [0, 0.05) is 12.6 Å². The molecule has 4 heteroatoms. The van der Waals surface area contributed by atoms with Crippen LogP contribution in [-0.2, 0) is 0 Å². The summed E-state index contributed by atoms with van der Waals surface area (Å²) in [4.78, 5) is 12.8. The lowest BCUT2D eigenvalue weighted by atomic mass is 9.93. The van der Waals surface area contributed by atoms with E-state index in [2.05, 4.69) is 10.2 Å². The molecule has 1 aliphatic heterocycles. The first-order valence-corrected chi connectivity index (χ1v) is 5.81. The van der Waals surface area contributed by atoms with Gasteiger partial charge in [0.2, 0.25) is 0 Å². The van der Waals surface area contributed by atoms with Crippen LogP contribution in [0.2, 0.25) is 0 Å². The second-order valence-corrected chi connectivity index (χ2v) is 5.15. The summed E-state index contributed by atoms with van der Waals surface area (Å²) in [7, 11) is 0. The lowest BCUT2D eigenvalue weighted by Gasteiger charge is -2.33. The molecule has 1 saturated carbocycles. The van der Waals surface area contributed by atoms with Crippen LogP contribution in [0.4, 0.5) is 4.79 Å². The fourth-order valence-electron chi connectivity index (χ4n) is 2.53. The molecule has 1 aliphatic carbocycles. The zero-order chi connectivity index (χ0) is 10.9. The van der Waals surface area contributed by atoms with Gasteiger partial charge in [-0.2, -0.15) is 0 Å². The van der Waals surface area contributed by atoms with Gasteiger partial charge in [0.05, 0.1) is 0 Å². The van der Waals surface area contributed by atoms with E-state index in [-0.39, 0.29) is 6.04 Å². The molecular formula is C11H20N2O2. The summed E-state index contributed by atoms with van der Waals surface area (Å²) >= 11 is 0. The first-order valence-electron chi connectivity index (χ1n) is 5.81. The van der Waals surface area contributed by atoms with Crippen LogP contribution in [-0.4, -0.2) is 41.8 Å². The van der Waals surface area contributed by atoms with E-state index in [1.165, 1.54) is 25.7 Å². The molecule has 1 saturated heterocycles. The molecule has 1 spiro atoms. The molecule has 1 atom stereocenters. The lowest BCUT2D eigenvalue weighted by molar-refractivity contribution is 0.153. The van der Waals surface area contributed by atoms with Crippen LogP contribution < -0.4 is 5.32 Å². The Hall–Kier alpha value is -0.770. The first kappa shape index (κ1) is 10.7. The Morgan fingerprint density at radius 3 is 2.47 bits per heavy atom. The minimum absolute atomic E-state index is 0.0377. The molecule has 0 aromatic carbocycles. The highest BCUT2D eigenvalue weighted by atomic mass is 16.4. The van der Waals surface area contributed by atoms with E-state index >= 15 is 0 Å². The van der Waals surface area contributed by atoms with Crippen LogP contribution in [0.15, 0.2) is 0 Å². The summed E-state index contributed by atoms with van der Waals surface area (Å²) in [5, 5.41) is 11.1. The minimum atomic E-state index is -0.918. The molecule has 0 radical (unpaired) electrons. The van der Waals surface area contributed by atoms with Crippen LogP contribution in [0, 0.1) is 5.41 Å². The molecule has 0 aromatic heterocycles. The zero-order valence-corrected chi connectivity index (χ0v) is 9.33. The third-order valence-electron chi connectivity index (χ3n) is 3.78. The molecule has 4 nitrogen and oxygen atoms in total. The quantitative estimate of drug-likeness (QED) is 0.745. The standard InChI is InChI=1S/C11H20N2O2/c1-9(12-10(14)15)8-13-6-4-11(2-3-11)5-7-13/h9,12H,2-8H2,1H3,(H,14,15). The number of carbonyl (C=O) groups is 1. The Labute approximate surface area is 90.6 Å². The van der Waals surface area contributed by atoms with E-state index in [0.717, 1.165) is 19.6 Å². The van der Waals surface area contributed by atoms with Crippen molar-refractivity contribution in [2.45, 2.75) is 38.6 Å². The van der Waals surface area contributed by atoms with Crippen LogP contribution >= 0.6 is 0 Å². The molecule has 2 fully saturated rings. The van der Waals surface area contributed by atoms with E-state index in [4.69, 9.17) is 5.11 Å². The molecule has 2 N–H and O–H groups in total. The Morgan fingerprint density at radius 2 is 2.00 bits per heavy atom. The Balaban J connectivity index is 1.69. The smallest absolute Gasteiger partial charge is 0.404 e. The third kappa shape index (κ3) is 2.84. The molecule has 2 aliphatic rings. The van der Waals surface area contributed by atoms with Gasteiger partial charge in [0.25, 0.3) is 0 Å². The second-order valence-electron chi connectivity index (χ2n) is 5.15. The number of nitrogens with zero attached hydrogens (tertiary/aromatic N) is 1. The zero-order valence-electron chi connectivity index (χ0n) is 9.33. The van der Waals surface area contributed by atoms with Crippen molar-refractivity contribution in [3.8, 4) is 0 Å². The highest BCUT2D eigenvalue weighted by Gasteiger charge is 2.44. The Kier molecular flexibility index (Phi) is 2.87. The minimum Gasteiger partial charge on any atom is -0.465 e. The van der Waals surface area contributed by atoms with Crippen molar-refractivity contribution >= 4 is 6.09 Å². The predicted molar refractivity (Wildman–Crippen MR) is 58.0 cm³/mol. The molecular weight excluding hydrogens is 192 g/mol. The summed E-state index contributed by atoms with van der Waals surface area (Å²) in [6.07, 6.45) is 4.55. The van der Waals surface area contributed by atoms with E-state index in [0.29, 0.717) is 5.41 Å². The van der Waals surface area contributed by atoms with Crippen molar-refractivity contribution in [3.63, 3.8) is 0 Å². The summed E-state index contributed by atoms with van der Waals surface area (Å²) in [5.41, 5.74) is 0.708. The molecule has 2 rings (SSSR count). The van der Waals surface area contributed by atoms with Gasteiger partial charge in [-0.15, -0.1) is 0 Å². The largest absolute Gasteiger partial charge is 0.465 e. The van der Waals surface area contributed by atoms with Gasteiger partial charge in [0.1, 0.15) is 0 Å². The highest BCUT2D eigenvalue weighted by Crippen LogP contribution is 2.53. The summed E-state index contributed by atoms with van der Waals surface area (Å²) in [6, 6.07) is 0.0377.